The van der Waals surface area contributed by atoms with Gasteiger partial charge in [-0.2, -0.15) is 0 Å². The van der Waals surface area contributed by atoms with Crippen LogP contribution in [0.4, 0.5) is 0 Å². The zero-order valence-corrected chi connectivity index (χ0v) is 14.5. The Morgan fingerprint density at radius 1 is 1.17 bits per heavy atom. The van der Waals surface area contributed by atoms with Crippen molar-refractivity contribution in [3.8, 4) is 0 Å². The number of rotatable bonds is 7. The van der Waals surface area contributed by atoms with Gasteiger partial charge in [-0.15, -0.1) is 0 Å². The highest BCUT2D eigenvalue weighted by atomic mass is 16.6. The fourth-order valence-corrected chi connectivity index (χ4v) is 2.79. The predicted octanol–water partition coefficient (Wildman–Crippen LogP) is 4.82. The minimum atomic E-state index is -1.11. The maximum absolute atomic E-state index is 12.8. The minimum absolute atomic E-state index is 0.105. The van der Waals surface area contributed by atoms with Gasteiger partial charge in [0, 0.05) is 12.7 Å². The van der Waals surface area contributed by atoms with Gasteiger partial charge in [0.15, 0.2) is 5.60 Å². The number of hydrogen-bond donors (Lipinski definition) is 0. The molecule has 2 atom stereocenters. The number of carbonyl (C=O) groups is 1. The fourth-order valence-electron chi connectivity index (χ4n) is 2.79. The molecule has 0 amide bonds. The van der Waals surface area contributed by atoms with Gasteiger partial charge >= 0.3 is 5.97 Å². The molecular formula is C20H26O3. The average molecular weight is 314 g/mol. The summed E-state index contributed by atoms with van der Waals surface area (Å²) in [7, 11) is 1.56. The van der Waals surface area contributed by atoms with Crippen molar-refractivity contribution in [3.05, 3.63) is 48.0 Å². The van der Waals surface area contributed by atoms with Crippen molar-refractivity contribution in [2.75, 3.05) is 7.11 Å². The Balaban J connectivity index is 2.33. The average Bonchev–Trinajstić information content (AvgIpc) is 2.58. The van der Waals surface area contributed by atoms with E-state index in [1.165, 1.54) is 0 Å². The van der Waals surface area contributed by atoms with E-state index in [-0.39, 0.29) is 12.1 Å². The standard InChI is InChI=1S/C20H26O3/c1-5-6-10-15(2)23-19(21)20(3,22-4)18-14-9-12-16-11-7-8-13-17(16)18/h7-9,11-15H,5-6,10H2,1-4H3/t15-,20-/m0/s1. The summed E-state index contributed by atoms with van der Waals surface area (Å²) in [4.78, 5) is 12.8. The molecule has 0 aliphatic carbocycles. The third-order valence-electron chi connectivity index (χ3n) is 4.37. The number of methoxy groups -OCH3 is 1. The molecule has 0 aromatic heterocycles. The first-order valence-corrected chi connectivity index (χ1v) is 8.27. The summed E-state index contributed by atoms with van der Waals surface area (Å²) in [6, 6.07) is 13.9. The lowest BCUT2D eigenvalue weighted by molar-refractivity contribution is -0.173. The van der Waals surface area contributed by atoms with E-state index < -0.39 is 5.60 Å². The van der Waals surface area contributed by atoms with Crippen LogP contribution in [0.5, 0.6) is 0 Å². The third kappa shape index (κ3) is 3.73. The highest BCUT2D eigenvalue weighted by molar-refractivity contribution is 5.92. The first-order valence-electron chi connectivity index (χ1n) is 8.27. The van der Waals surface area contributed by atoms with Crippen molar-refractivity contribution in [2.45, 2.75) is 51.7 Å². The molecule has 3 heteroatoms. The van der Waals surface area contributed by atoms with Crippen molar-refractivity contribution < 1.29 is 14.3 Å². The Labute approximate surface area is 138 Å². The normalized spacial score (nSPS) is 15.1. The number of ether oxygens (including phenoxy) is 2. The number of unbranched alkanes of at least 4 members (excludes halogenated alkanes) is 1. The van der Waals surface area contributed by atoms with E-state index in [1.54, 1.807) is 14.0 Å². The van der Waals surface area contributed by atoms with Gasteiger partial charge in [0.1, 0.15) is 0 Å². The van der Waals surface area contributed by atoms with Crippen molar-refractivity contribution in [3.63, 3.8) is 0 Å². The summed E-state index contributed by atoms with van der Waals surface area (Å²) < 4.78 is 11.3. The van der Waals surface area contributed by atoms with Crippen LogP contribution in [-0.2, 0) is 19.9 Å². The Kier molecular flexibility index (Phi) is 5.78. The molecule has 0 saturated heterocycles. The van der Waals surface area contributed by atoms with Crippen LogP contribution in [0.1, 0.15) is 45.6 Å². The zero-order chi connectivity index (χ0) is 16.9. The Morgan fingerprint density at radius 2 is 1.87 bits per heavy atom. The highest BCUT2D eigenvalue weighted by Crippen LogP contribution is 2.33. The molecule has 2 rings (SSSR count). The summed E-state index contributed by atoms with van der Waals surface area (Å²) in [5, 5.41) is 2.10. The van der Waals surface area contributed by atoms with E-state index in [0.717, 1.165) is 35.6 Å². The van der Waals surface area contributed by atoms with Gasteiger partial charge in [0.05, 0.1) is 6.10 Å². The second-order valence-corrected chi connectivity index (χ2v) is 6.12. The summed E-state index contributed by atoms with van der Waals surface area (Å²) in [6.07, 6.45) is 2.91. The molecule has 23 heavy (non-hydrogen) atoms. The van der Waals surface area contributed by atoms with Crippen LogP contribution in [-0.4, -0.2) is 19.2 Å². The molecule has 0 aliphatic heterocycles. The zero-order valence-electron chi connectivity index (χ0n) is 14.5. The molecule has 0 N–H and O–H groups in total. The molecule has 0 heterocycles. The van der Waals surface area contributed by atoms with Gasteiger partial charge in [-0.3, -0.25) is 0 Å². The van der Waals surface area contributed by atoms with Gasteiger partial charge in [0.2, 0.25) is 0 Å². The molecule has 0 fully saturated rings. The molecule has 124 valence electrons. The van der Waals surface area contributed by atoms with Gasteiger partial charge in [-0.1, -0.05) is 62.2 Å². The molecule has 0 unspecified atom stereocenters. The van der Waals surface area contributed by atoms with E-state index in [0.29, 0.717) is 0 Å². The minimum Gasteiger partial charge on any atom is -0.460 e. The summed E-state index contributed by atoms with van der Waals surface area (Å²) in [6.45, 7) is 5.85. The molecule has 3 nitrogen and oxygen atoms in total. The second kappa shape index (κ2) is 7.60. The first-order chi connectivity index (χ1) is 11.0. The molecule has 0 saturated carbocycles. The number of carbonyl (C=O) groups excluding carboxylic acids is 1. The molecule has 0 aliphatic rings. The quantitative estimate of drug-likeness (QED) is 0.687. The maximum Gasteiger partial charge on any atom is 0.343 e. The van der Waals surface area contributed by atoms with Crippen LogP contribution >= 0.6 is 0 Å². The lowest BCUT2D eigenvalue weighted by atomic mass is 9.90. The van der Waals surface area contributed by atoms with Gasteiger partial charge in [-0.05, 0) is 31.0 Å². The third-order valence-corrected chi connectivity index (χ3v) is 4.37. The monoisotopic (exact) mass is 314 g/mol. The summed E-state index contributed by atoms with van der Waals surface area (Å²) >= 11 is 0. The van der Waals surface area contributed by atoms with E-state index >= 15 is 0 Å². The lowest BCUT2D eigenvalue weighted by Gasteiger charge is -2.29. The first kappa shape index (κ1) is 17.5. The van der Waals surface area contributed by atoms with Crippen molar-refractivity contribution >= 4 is 16.7 Å². The lowest BCUT2D eigenvalue weighted by Crippen LogP contribution is -2.38. The van der Waals surface area contributed by atoms with Crippen LogP contribution in [0, 0.1) is 0 Å². The van der Waals surface area contributed by atoms with Gasteiger partial charge in [-0.25, -0.2) is 4.79 Å². The molecule has 2 aromatic rings. The van der Waals surface area contributed by atoms with E-state index in [9.17, 15) is 4.79 Å². The van der Waals surface area contributed by atoms with Gasteiger partial charge in [0.25, 0.3) is 0 Å². The summed E-state index contributed by atoms with van der Waals surface area (Å²) in [5.74, 6) is -0.333. The Bertz CT molecular complexity index is 659. The smallest absolute Gasteiger partial charge is 0.343 e. The number of esters is 1. The predicted molar refractivity (Wildman–Crippen MR) is 93.4 cm³/mol. The SMILES string of the molecule is CCCC[C@H](C)OC(=O)[C@@](C)(OC)c1cccc2ccccc12. The van der Waals surface area contributed by atoms with Crippen molar-refractivity contribution in [1.82, 2.24) is 0 Å². The molecule has 2 aromatic carbocycles. The van der Waals surface area contributed by atoms with Crippen LogP contribution in [0.3, 0.4) is 0 Å². The van der Waals surface area contributed by atoms with E-state index in [4.69, 9.17) is 9.47 Å². The number of hydrogen-bond acceptors (Lipinski definition) is 3. The molecular weight excluding hydrogens is 288 g/mol. The van der Waals surface area contributed by atoms with Crippen LogP contribution in [0.15, 0.2) is 42.5 Å². The van der Waals surface area contributed by atoms with Crippen molar-refractivity contribution in [2.24, 2.45) is 0 Å². The Morgan fingerprint density at radius 3 is 2.57 bits per heavy atom. The summed E-state index contributed by atoms with van der Waals surface area (Å²) in [5.41, 5.74) is -0.271. The second-order valence-electron chi connectivity index (χ2n) is 6.12. The highest BCUT2D eigenvalue weighted by Gasteiger charge is 2.39. The molecule has 0 radical (unpaired) electrons. The van der Waals surface area contributed by atoms with Gasteiger partial charge < -0.3 is 9.47 Å². The maximum atomic E-state index is 12.8. The van der Waals surface area contributed by atoms with E-state index in [2.05, 4.69) is 6.92 Å². The van der Waals surface area contributed by atoms with Crippen molar-refractivity contribution in [1.29, 1.82) is 0 Å². The topological polar surface area (TPSA) is 35.5 Å². The largest absolute Gasteiger partial charge is 0.460 e. The van der Waals surface area contributed by atoms with Crippen LogP contribution < -0.4 is 0 Å². The molecule has 0 spiro atoms. The van der Waals surface area contributed by atoms with Crippen LogP contribution in [0.25, 0.3) is 10.8 Å². The van der Waals surface area contributed by atoms with Crippen LogP contribution in [0.2, 0.25) is 0 Å². The molecule has 0 bridgehead atoms. The Hall–Kier alpha value is -1.87. The number of benzene rings is 2. The number of fused-ring (bicyclic) bond motifs is 1. The van der Waals surface area contributed by atoms with E-state index in [1.807, 2.05) is 49.4 Å². The fraction of sp³-hybridized carbons (Fsp3) is 0.450.